The van der Waals surface area contributed by atoms with E-state index in [1.54, 1.807) is 12.1 Å². The second-order valence-electron chi connectivity index (χ2n) is 6.05. The zero-order valence-electron chi connectivity index (χ0n) is 15.4. The maximum atomic E-state index is 12.1. The maximum absolute atomic E-state index is 12.1. The van der Waals surface area contributed by atoms with Crippen molar-refractivity contribution in [3.8, 4) is 5.75 Å². The van der Waals surface area contributed by atoms with Gasteiger partial charge in [0.15, 0.2) is 12.9 Å². The van der Waals surface area contributed by atoms with Crippen molar-refractivity contribution in [1.29, 1.82) is 0 Å². The topological polar surface area (TPSA) is 119 Å². The lowest BCUT2D eigenvalue weighted by atomic mass is 10.2. The maximum Gasteiger partial charge on any atom is 0.270 e. The van der Waals surface area contributed by atoms with Crippen molar-refractivity contribution in [3.05, 3.63) is 63.7 Å². The summed E-state index contributed by atoms with van der Waals surface area (Å²) in [4.78, 5) is 46.5. The molecule has 2 rings (SSSR count). The van der Waals surface area contributed by atoms with Crippen LogP contribution in [0, 0.1) is 17.0 Å². The molecule has 2 aromatic rings. The smallest absolute Gasteiger partial charge is 0.270 e. The molecule has 9 heteroatoms. The van der Waals surface area contributed by atoms with Crippen molar-refractivity contribution >= 4 is 29.5 Å². The summed E-state index contributed by atoms with van der Waals surface area (Å²) in [6.45, 7) is 1.32. The Hall–Kier alpha value is -3.75. The summed E-state index contributed by atoms with van der Waals surface area (Å²) in [5.41, 5.74) is 1.38. The van der Waals surface area contributed by atoms with Gasteiger partial charge in [0.1, 0.15) is 5.75 Å². The molecule has 0 atom stereocenters. The molecule has 0 spiro atoms. The van der Waals surface area contributed by atoms with Gasteiger partial charge in [-0.25, -0.2) is 0 Å². The van der Waals surface area contributed by atoms with E-state index in [1.807, 2.05) is 19.1 Å². The standard InChI is InChI=1S/C19H19N3O6/c1-13-3-5-15(6-4-13)20-18(24)10-21(2)19(25)12-28-17-8-7-16(22(26)27)9-14(17)11-23/h3-9,11H,10,12H2,1-2H3,(H,20,24). The number of nitro benzene ring substituents is 1. The molecule has 0 aliphatic carbocycles. The first-order chi connectivity index (χ1) is 13.3. The monoisotopic (exact) mass is 385 g/mol. The van der Waals surface area contributed by atoms with E-state index < -0.39 is 17.4 Å². The van der Waals surface area contributed by atoms with Crippen LogP contribution in [0.1, 0.15) is 15.9 Å². The van der Waals surface area contributed by atoms with Gasteiger partial charge < -0.3 is 15.0 Å². The predicted octanol–water partition coefficient (Wildman–Crippen LogP) is 2.19. The zero-order chi connectivity index (χ0) is 20.7. The minimum absolute atomic E-state index is 0.0400. The van der Waals surface area contributed by atoms with E-state index in [2.05, 4.69) is 5.32 Å². The van der Waals surface area contributed by atoms with E-state index in [9.17, 15) is 24.5 Å². The van der Waals surface area contributed by atoms with E-state index in [1.165, 1.54) is 24.1 Å². The molecule has 0 fully saturated rings. The van der Waals surface area contributed by atoms with Crippen molar-refractivity contribution in [2.45, 2.75) is 6.92 Å². The lowest BCUT2D eigenvalue weighted by Crippen LogP contribution is -2.37. The molecule has 9 nitrogen and oxygen atoms in total. The van der Waals surface area contributed by atoms with Crippen molar-refractivity contribution < 1.29 is 24.0 Å². The summed E-state index contributed by atoms with van der Waals surface area (Å²) < 4.78 is 5.28. The van der Waals surface area contributed by atoms with Crippen LogP contribution < -0.4 is 10.1 Å². The molecule has 0 aliphatic heterocycles. The fourth-order valence-electron chi connectivity index (χ4n) is 2.26. The molecular formula is C19H19N3O6. The summed E-state index contributed by atoms with van der Waals surface area (Å²) in [7, 11) is 1.44. The number of hydrogen-bond donors (Lipinski definition) is 1. The fraction of sp³-hybridized carbons (Fsp3) is 0.211. The second kappa shape index (κ2) is 9.26. The van der Waals surface area contributed by atoms with E-state index in [-0.39, 0.29) is 29.5 Å². The third-order valence-corrected chi connectivity index (χ3v) is 3.82. The SMILES string of the molecule is Cc1ccc(NC(=O)CN(C)C(=O)COc2ccc([N+](=O)[O-])cc2C=O)cc1. The number of nitrogens with zero attached hydrogens (tertiary/aromatic N) is 2. The number of non-ortho nitro benzene ring substituents is 1. The lowest BCUT2D eigenvalue weighted by Gasteiger charge is -2.17. The van der Waals surface area contributed by atoms with E-state index in [0.717, 1.165) is 11.6 Å². The highest BCUT2D eigenvalue weighted by Gasteiger charge is 2.16. The summed E-state index contributed by atoms with van der Waals surface area (Å²) in [5.74, 6) is -0.815. The Morgan fingerprint density at radius 2 is 1.89 bits per heavy atom. The molecule has 0 saturated heterocycles. The number of nitrogens with one attached hydrogen (secondary N) is 1. The van der Waals surface area contributed by atoms with Gasteiger partial charge >= 0.3 is 0 Å². The molecule has 0 unspecified atom stereocenters. The Morgan fingerprint density at radius 3 is 2.50 bits per heavy atom. The number of ether oxygens (including phenoxy) is 1. The summed E-state index contributed by atoms with van der Waals surface area (Å²) >= 11 is 0. The summed E-state index contributed by atoms with van der Waals surface area (Å²) in [5, 5.41) is 13.4. The lowest BCUT2D eigenvalue weighted by molar-refractivity contribution is -0.384. The Kier molecular flexibility index (Phi) is 6.80. The number of carbonyl (C=O) groups is 3. The van der Waals surface area contributed by atoms with Crippen LogP contribution in [-0.4, -0.2) is 48.1 Å². The van der Waals surface area contributed by atoms with Crippen molar-refractivity contribution in [1.82, 2.24) is 4.90 Å². The van der Waals surface area contributed by atoms with E-state index >= 15 is 0 Å². The van der Waals surface area contributed by atoms with Crippen LogP contribution >= 0.6 is 0 Å². The molecule has 2 amide bonds. The van der Waals surface area contributed by atoms with Gasteiger partial charge in [0, 0.05) is 24.9 Å². The average molecular weight is 385 g/mol. The quantitative estimate of drug-likeness (QED) is 0.423. The first-order valence-electron chi connectivity index (χ1n) is 8.27. The second-order valence-corrected chi connectivity index (χ2v) is 6.05. The van der Waals surface area contributed by atoms with Crippen molar-refractivity contribution in [3.63, 3.8) is 0 Å². The molecule has 0 saturated carbocycles. The highest BCUT2D eigenvalue weighted by Crippen LogP contribution is 2.22. The van der Waals surface area contributed by atoms with Crippen molar-refractivity contribution in [2.24, 2.45) is 0 Å². The van der Waals surface area contributed by atoms with Crippen LogP contribution in [0.15, 0.2) is 42.5 Å². The normalized spacial score (nSPS) is 10.1. The molecular weight excluding hydrogens is 366 g/mol. The number of benzene rings is 2. The molecule has 146 valence electrons. The molecule has 0 bridgehead atoms. The van der Waals surface area contributed by atoms with Gasteiger partial charge in [-0.15, -0.1) is 0 Å². The Labute approximate surface area is 161 Å². The minimum Gasteiger partial charge on any atom is -0.483 e. The van der Waals surface area contributed by atoms with E-state index in [0.29, 0.717) is 12.0 Å². The highest BCUT2D eigenvalue weighted by atomic mass is 16.6. The van der Waals surface area contributed by atoms with Gasteiger partial charge in [-0.1, -0.05) is 17.7 Å². The van der Waals surface area contributed by atoms with Crippen LogP contribution in [0.3, 0.4) is 0 Å². The number of nitro groups is 1. The summed E-state index contributed by atoms with van der Waals surface area (Å²) in [6.07, 6.45) is 0.408. The molecule has 0 radical (unpaired) electrons. The predicted molar refractivity (Wildman–Crippen MR) is 101 cm³/mol. The average Bonchev–Trinajstić information content (AvgIpc) is 2.67. The van der Waals surface area contributed by atoms with Gasteiger partial charge in [0.25, 0.3) is 11.6 Å². The number of aldehydes is 1. The third kappa shape index (κ3) is 5.63. The molecule has 0 aromatic heterocycles. The number of aryl methyl sites for hydroxylation is 1. The van der Waals surface area contributed by atoms with Crippen LogP contribution in [0.5, 0.6) is 5.75 Å². The Balaban J connectivity index is 1.90. The molecule has 0 heterocycles. The van der Waals surface area contributed by atoms with E-state index in [4.69, 9.17) is 4.74 Å². The first-order valence-corrected chi connectivity index (χ1v) is 8.27. The third-order valence-electron chi connectivity index (χ3n) is 3.82. The molecule has 0 aliphatic rings. The van der Waals surface area contributed by atoms with Crippen LogP contribution in [-0.2, 0) is 9.59 Å². The number of amides is 2. The number of anilines is 1. The number of carbonyl (C=O) groups excluding carboxylic acids is 3. The van der Waals surface area contributed by atoms with Crippen molar-refractivity contribution in [2.75, 3.05) is 25.5 Å². The fourth-order valence-corrected chi connectivity index (χ4v) is 2.26. The van der Waals surface area contributed by atoms with Gasteiger partial charge in [-0.05, 0) is 25.1 Å². The number of likely N-dealkylation sites (N-methyl/N-ethyl adjacent to an activating group) is 1. The zero-order valence-corrected chi connectivity index (χ0v) is 15.4. The van der Waals surface area contributed by atoms with Crippen LogP contribution in [0.2, 0.25) is 0 Å². The minimum atomic E-state index is -0.637. The summed E-state index contributed by atoms with van der Waals surface area (Å²) in [6, 6.07) is 10.7. The molecule has 28 heavy (non-hydrogen) atoms. The molecule has 2 aromatic carbocycles. The van der Waals surface area contributed by atoms with Crippen LogP contribution in [0.4, 0.5) is 11.4 Å². The largest absolute Gasteiger partial charge is 0.483 e. The number of rotatable bonds is 8. The Bertz CT molecular complexity index is 895. The molecule has 1 N–H and O–H groups in total. The first kappa shape index (κ1) is 20.6. The van der Waals surface area contributed by atoms with Gasteiger partial charge in [-0.3, -0.25) is 24.5 Å². The highest BCUT2D eigenvalue weighted by molar-refractivity contribution is 5.94. The Morgan fingerprint density at radius 1 is 1.21 bits per heavy atom. The van der Waals surface area contributed by atoms with Gasteiger partial charge in [0.05, 0.1) is 17.0 Å². The number of hydrogen-bond acceptors (Lipinski definition) is 6. The van der Waals surface area contributed by atoms with Crippen LogP contribution in [0.25, 0.3) is 0 Å². The van der Waals surface area contributed by atoms with Gasteiger partial charge in [-0.2, -0.15) is 0 Å². The van der Waals surface area contributed by atoms with Gasteiger partial charge in [0.2, 0.25) is 5.91 Å².